The minimum absolute atomic E-state index is 0.0129. The van der Waals surface area contributed by atoms with Gasteiger partial charge in [-0.15, -0.1) is 0 Å². The second kappa shape index (κ2) is 6.39. The molecule has 2 aromatic carbocycles. The van der Waals surface area contributed by atoms with Crippen molar-refractivity contribution in [1.29, 1.82) is 0 Å². The van der Waals surface area contributed by atoms with E-state index in [4.69, 9.17) is 0 Å². The lowest BCUT2D eigenvalue weighted by molar-refractivity contribution is 0.103. The lowest BCUT2D eigenvalue weighted by Gasteiger charge is -2.09. The molecule has 0 fully saturated rings. The number of carbonyl (C=O) groups is 2. The number of amides is 1. The van der Waals surface area contributed by atoms with E-state index in [0.717, 1.165) is 16.7 Å². The Balaban J connectivity index is 2.12. The fourth-order valence-corrected chi connectivity index (χ4v) is 2.28. The lowest BCUT2D eigenvalue weighted by atomic mass is 10.0. The third-order valence-electron chi connectivity index (χ3n) is 2.72. The van der Waals surface area contributed by atoms with E-state index in [2.05, 4.69) is 0 Å². The van der Waals surface area contributed by atoms with Crippen LogP contribution in [0.4, 0.5) is 4.79 Å². The molecule has 20 heavy (non-hydrogen) atoms. The first kappa shape index (κ1) is 14.3. The molecule has 0 aliphatic carbocycles. The van der Waals surface area contributed by atoms with E-state index in [9.17, 15) is 9.59 Å². The molecule has 3 nitrogen and oxygen atoms in total. The molecule has 4 heteroatoms. The quantitative estimate of drug-likeness (QED) is 0.637. The number of carbonyl (C=O) groups excluding carboxylic acids is 2. The molecule has 0 aromatic heterocycles. The number of benzene rings is 2. The topological polar surface area (TPSA) is 37.4 Å². The first-order valence-corrected chi connectivity index (χ1v) is 6.98. The minimum atomic E-state index is -0.0351. The average Bonchev–Trinajstić information content (AvgIpc) is 2.48. The molecule has 0 aliphatic rings. The largest absolute Gasteiger partial charge is 0.339 e. The van der Waals surface area contributed by atoms with Crippen LogP contribution in [0.2, 0.25) is 0 Å². The monoisotopic (exact) mass is 285 g/mol. The minimum Gasteiger partial charge on any atom is -0.339 e. The van der Waals surface area contributed by atoms with Gasteiger partial charge in [-0.25, -0.2) is 0 Å². The Morgan fingerprint density at radius 3 is 1.95 bits per heavy atom. The highest BCUT2D eigenvalue weighted by Crippen LogP contribution is 2.21. The maximum Gasteiger partial charge on any atom is 0.285 e. The summed E-state index contributed by atoms with van der Waals surface area (Å²) in [6, 6.07) is 16.2. The van der Waals surface area contributed by atoms with Gasteiger partial charge in [-0.05, 0) is 36.0 Å². The fourth-order valence-electron chi connectivity index (χ4n) is 1.62. The van der Waals surface area contributed by atoms with Crippen LogP contribution >= 0.6 is 11.8 Å². The molecule has 0 saturated heterocycles. The average molecular weight is 285 g/mol. The van der Waals surface area contributed by atoms with Crippen LogP contribution in [0, 0.1) is 0 Å². The van der Waals surface area contributed by atoms with E-state index < -0.39 is 0 Å². The molecule has 0 radical (unpaired) electrons. The van der Waals surface area contributed by atoms with Gasteiger partial charge < -0.3 is 4.90 Å². The Kier molecular flexibility index (Phi) is 4.58. The van der Waals surface area contributed by atoms with Crippen molar-refractivity contribution in [3.05, 3.63) is 65.7 Å². The zero-order valence-corrected chi connectivity index (χ0v) is 12.2. The van der Waals surface area contributed by atoms with E-state index >= 15 is 0 Å². The van der Waals surface area contributed by atoms with Gasteiger partial charge >= 0.3 is 0 Å². The second-order valence-electron chi connectivity index (χ2n) is 4.48. The Morgan fingerprint density at radius 1 is 0.850 bits per heavy atom. The summed E-state index contributed by atoms with van der Waals surface area (Å²) in [6.45, 7) is 0. The molecule has 102 valence electrons. The molecule has 0 saturated carbocycles. The molecule has 2 rings (SSSR count). The molecular formula is C16H15NO2S. The lowest BCUT2D eigenvalue weighted by Crippen LogP contribution is -2.15. The number of nitrogens with zero attached hydrogens (tertiary/aromatic N) is 1. The standard InChI is InChI=1S/C16H15NO2S/c1-17(2)16(19)20-14-10-8-13(9-11-14)15(18)12-6-4-3-5-7-12/h3-11H,1-2H3. The maximum atomic E-state index is 12.2. The Hall–Kier alpha value is -2.07. The molecule has 0 unspecified atom stereocenters. The predicted octanol–water partition coefficient (Wildman–Crippen LogP) is 3.69. The molecule has 0 heterocycles. The van der Waals surface area contributed by atoms with Crippen LogP contribution in [0.25, 0.3) is 0 Å². The number of thioether (sulfide) groups is 1. The molecule has 0 aliphatic heterocycles. The normalized spacial score (nSPS) is 10.1. The van der Waals surface area contributed by atoms with Crippen LogP contribution in [0.1, 0.15) is 15.9 Å². The van der Waals surface area contributed by atoms with Crippen molar-refractivity contribution in [3.63, 3.8) is 0 Å². The number of ketones is 1. The van der Waals surface area contributed by atoms with Gasteiger partial charge in [0.1, 0.15) is 0 Å². The highest BCUT2D eigenvalue weighted by atomic mass is 32.2. The highest BCUT2D eigenvalue weighted by Gasteiger charge is 2.10. The number of rotatable bonds is 3. The Morgan fingerprint density at radius 2 is 1.40 bits per heavy atom. The molecular weight excluding hydrogens is 270 g/mol. The molecule has 2 aromatic rings. The van der Waals surface area contributed by atoms with Gasteiger partial charge in [0.2, 0.25) is 0 Å². The van der Waals surface area contributed by atoms with Crippen molar-refractivity contribution in [2.45, 2.75) is 4.90 Å². The van der Waals surface area contributed by atoms with Gasteiger partial charge in [-0.2, -0.15) is 0 Å². The highest BCUT2D eigenvalue weighted by molar-refractivity contribution is 8.13. The van der Waals surface area contributed by atoms with Gasteiger partial charge in [0.05, 0.1) is 0 Å². The summed E-state index contributed by atoms with van der Waals surface area (Å²) >= 11 is 1.14. The Labute approximate surface area is 122 Å². The van der Waals surface area contributed by atoms with Gasteiger partial charge in [-0.3, -0.25) is 9.59 Å². The Bertz CT molecular complexity index is 606. The van der Waals surface area contributed by atoms with Crippen LogP contribution in [0.5, 0.6) is 0 Å². The maximum absolute atomic E-state index is 12.2. The van der Waals surface area contributed by atoms with Crippen LogP contribution in [0.3, 0.4) is 0 Å². The van der Waals surface area contributed by atoms with Crippen LogP contribution in [0.15, 0.2) is 59.5 Å². The third kappa shape index (κ3) is 3.48. The first-order chi connectivity index (χ1) is 9.58. The van der Waals surface area contributed by atoms with Gasteiger partial charge in [0.15, 0.2) is 5.78 Å². The predicted molar refractivity (Wildman–Crippen MR) is 81.3 cm³/mol. The smallest absolute Gasteiger partial charge is 0.285 e. The van der Waals surface area contributed by atoms with Crippen molar-refractivity contribution >= 4 is 22.8 Å². The van der Waals surface area contributed by atoms with E-state index in [0.29, 0.717) is 11.1 Å². The van der Waals surface area contributed by atoms with Crippen molar-refractivity contribution < 1.29 is 9.59 Å². The summed E-state index contributed by atoms with van der Waals surface area (Å²) in [5, 5.41) is -0.0351. The van der Waals surface area contributed by atoms with Crippen molar-refractivity contribution in [3.8, 4) is 0 Å². The molecule has 0 bridgehead atoms. The van der Waals surface area contributed by atoms with Crippen LogP contribution < -0.4 is 0 Å². The van der Waals surface area contributed by atoms with E-state index in [-0.39, 0.29) is 11.0 Å². The summed E-state index contributed by atoms with van der Waals surface area (Å²) in [4.78, 5) is 26.1. The number of hydrogen-bond acceptors (Lipinski definition) is 3. The summed E-state index contributed by atoms with van der Waals surface area (Å²) < 4.78 is 0. The summed E-state index contributed by atoms with van der Waals surface area (Å²) in [5.41, 5.74) is 1.29. The summed E-state index contributed by atoms with van der Waals surface area (Å²) in [5.74, 6) is -0.0129. The van der Waals surface area contributed by atoms with Crippen LogP contribution in [-0.4, -0.2) is 30.0 Å². The fraction of sp³-hybridized carbons (Fsp3) is 0.125. The SMILES string of the molecule is CN(C)C(=O)Sc1ccc(C(=O)c2ccccc2)cc1. The molecule has 0 spiro atoms. The first-order valence-electron chi connectivity index (χ1n) is 6.17. The van der Waals surface area contributed by atoms with Crippen LogP contribution in [-0.2, 0) is 0 Å². The van der Waals surface area contributed by atoms with E-state index in [1.165, 1.54) is 4.90 Å². The zero-order valence-electron chi connectivity index (χ0n) is 11.4. The molecule has 0 N–H and O–H groups in total. The van der Waals surface area contributed by atoms with Gasteiger partial charge in [0.25, 0.3) is 5.24 Å². The van der Waals surface area contributed by atoms with Crippen molar-refractivity contribution in [2.75, 3.05) is 14.1 Å². The molecule has 0 atom stereocenters. The van der Waals surface area contributed by atoms with Gasteiger partial charge in [0, 0.05) is 30.1 Å². The summed E-state index contributed by atoms with van der Waals surface area (Å²) in [6.07, 6.45) is 0. The van der Waals surface area contributed by atoms with E-state index in [1.54, 1.807) is 50.5 Å². The summed E-state index contributed by atoms with van der Waals surface area (Å²) in [7, 11) is 3.42. The van der Waals surface area contributed by atoms with E-state index in [1.807, 2.05) is 18.2 Å². The zero-order chi connectivity index (χ0) is 14.5. The van der Waals surface area contributed by atoms with Crippen molar-refractivity contribution in [1.82, 2.24) is 4.90 Å². The molecule has 1 amide bonds. The third-order valence-corrected chi connectivity index (χ3v) is 3.77. The second-order valence-corrected chi connectivity index (χ2v) is 5.51. The van der Waals surface area contributed by atoms with Crippen molar-refractivity contribution in [2.24, 2.45) is 0 Å². The number of hydrogen-bond donors (Lipinski definition) is 0. The van der Waals surface area contributed by atoms with Gasteiger partial charge in [-0.1, -0.05) is 30.3 Å².